The Morgan fingerprint density at radius 3 is 1.86 bits per heavy atom. The van der Waals surface area contributed by atoms with Gasteiger partial charge >= 0.3 is 12.4 Å². The fraction of sp³-hybridized carbons (Fsp3) is 0.150. The lowest BCUT2D eigenvalue weighted by Crippen LogP contribution is -2.06. The van der Waals surface area contributed by atoms with Crippen molar-refractivity contribution in [1.82, 2.24) is 4.98 Å². The maximum Gasteiger partial charge on any atom is 0.416 e. The molecule has 3 nitrogen and oxygen atoms in total. The predicted molar refractivity (Wildman–Crippen MR) is 91.5 cm³/mol. The van der Waals surface area contributed by atoms with Gasteiger partial charge < -0.3 is 9.47 Å². The van der Waals surface area contributed by atoms with Crippen molar-refractivity contribution in [3.63, 3.8) is 0 Å². The van der Waals surface area contributed by atoms with Crippen LogP contribution in [-0.2, 0) is 19.0 Å². The number of benzene rings is 2. The maximum atomic E-state index is 12.8. The highest BCUT2D eigenvalue weighted by Gasteiger charge is 2.31. The monoisotopic (exact) mass is 413 g/mol. The molecule has 1 aromatic heterocycles. The number of ether oxygens (including phenoxy) is 2. The first-order valence-corrected chi connectivity index (χ1v) is 8.22. The lowest BCUT2D eigenvalue weighted by atomic mass is 10.2. The van der Waals surface area contributed by atoms with Crippen LogP contribution in [0.15, 0.2) is 66.7 Å². The summed E-state index contributed by atoms with van der Waals surface area (Å²) in [7, 11) is 0. The molecule has 0 bridgehead atoms. The molecule has 0 radical (unpaired) electrons. The Morgan fingerprint density at radius 1 is 0.690 bits per heavy atom. The van der Waals surface area contributed by atoms with Gasteiger partial charge in [0.15, 0.2) is 0 Å². The lowest BCUT2D eigenvalue weighted by molar-refractivity contribution is -0.138. The van der Waals surface area contributed by atoms with E-state index < -0.39 is 23.5 Å². The van der Waals surface area contributed by atoms with Crippen LogP contribution in [0.3, 0.4) is 0 Å². The van der Waals surface area contributed by atoms with Gasteiger partial charge in [-0.2, -0.15) is 26.3 Å². The van der Waals surface area contributed by atoms with Crippen molar-refractivity contribution in [2.45, 2.75) is 19.0 Å². The third-order valence-electron chi connectivity index (χ3n) is 3.71. The SMILES string of the molecule is FC(F)(F)c1cccc(OCc2cccc(Oc3cccc(C(F)(F)F)c3)n2)c1. The van der Waals surface area contributed by atoms with Crippen LogP contribution < -0.4 is 9.47 Å². The van der Waals surface area contributed by atoms with Crippen LogP contribution in [0.4, 0.5) is 26.3 Å². The minimum Gasteiger partial charge on any atom is -0.487 e. The highest BCUT2D eigenvalue weighted by molar-refractivity contribution is 5.33. The van der Waals surface area contributed by atoms with E-state index >= 15 is 0 Å². The molecule has 0 saturated carbocycles. The van der Waals surface area contributed by atoms with E-state index in [1.807, 2.05) is 0 Å². The number of hydrogen-bond acceptors (Lipinski definition) is 3. The molecule has 0 spiro atoms. The van der Waals surface area contributed by atoms with Crippen molar-refractivity contribution in [3.05, 3.63) is 83.6 Å². The molecule has 0 amide bonds. The van der Waals surface area contributed by atoms with Crippen molar-refractivity contribution in [1.29, 1.82) is 0 Å². The van der Waals surface area contributed by atoms with Gasteiger partial charge in [-0.1, -0.05) is 18.2 Å². The zero-order valence-corrected chi connectivity index (χ0v) is 14.6. The summed E-state index contributed by atoms with van der Waals surface area (Å²) in [6, 6.07) is 13.2. The second kappa shape index (κ2) is 8.02. The van der Waals surface area contributed by atoms with E-state index in [-0.39, 0.29) is 24.0 Å². The second-order valence-electron chi connectivity index (χ2n) is 5.91. The van der Waals surface area contributed by atoms with E-state index in [4.69, 9.17) is 9.47 Å². The smallest absolute Gasteiger partial charge is 0.416 e. The fourth-order valence-electron chi connectivity index (χ4n) is 2.37. The first kappa shape index (κ1) is 20.5. The van der Waals surface area contributed by atoms with E-state index in [1.165, 1.54) is 30.3 Å². The zero-order chi connectivity index (χ0) is 21.1. The zero-order valence-electron chi connectivity index (χ0n) is 14.6. The van der Waals surface area contributed by atoms with E-state index in [0.717, 1.165) is 24.3 Å². The van der Waals surface area contributed by atoms with Gasteiger partial charge in [0.05, 0.1) is 16.8 Å². The number of alkyl halides is 6. The van der Waals surface area contributed by atoms with Gasteiger partial charge in [-0.3, -0.25) is 0 Å². The summed E-state index contributed by atoms with van der Waals surface area (Å²) in [5.41, 5.74) is -1.38. The van der Waals surface area contributed by atoms with E-state index in [2.05, 4.69) is 4.98 Å². The Bertz CT molecular complexity index is 985. The van der Waals surface area contributed by atoms with E-state index in [9.17, 15) is 26.3 Å². The molecule has 0 fully saturated rings. The Morgan fingerprint density at radius 2 is 1.24 bits per heavy atom. The molecule has 0 saturated heterocycles. The van der Waals surface area contributed by atoms with Gasteiger partial charge in [-0.05, 0) is 42.5 Å². The average Bonchev–Trinajstić information content (AvgIpc) is 2.66. The molecule has 0 aliphatic carbocycles. The molecular formula is C20H13F6NO2. The summed E-state index contributed by atoms with van der Waals surface area (Å²) >= 11 is 0. The van der Waals surface area contributed by atoms with Crippen molar-refractivity contribution >= 4 is 0 Å². The largest absolute Gasteiger partial charge is 0.487 e. The summed E-state index contributed by atoms with van der Waals surface area (Å²) in [5.74, 6) is -0.0245. The quantitative estimate of drug-likeness (QED) is 0.448. The van der Waals surface area contributed by atoms with Gasteiger partial charge in [0.2, 0.25) is 5.88 Å². The van der Waals surface area contributed by atoms with Crippen LogP contribution in [0.25, 0.3) is 0 Å². The van der Waals surface area contributed by atoms with Crippen LogP contribution >= 0.6 is 0 Å². The number of pyridine rings is 1. The summed E-state index contributed by atoms with van der Waals surface area (Å²) in [6.07, 6.45) is -9.00. The molecule has 0 N–H and O–H groups in total. The van der Waals surface area contributed by atoms with Crippen LogP contribution in [0.5, 0.6) is 17.4 Å². The molecule has 0 atom stereocenters. The first-order valence-electron chi connectivity index (χ1n) is 8.22. The molecule has 9 heteroatoms. The highest BCUT2D eigenvalue weighted by atomic mass is 19.4. The van der Waals surface area contributed by atoms with Crippen LogP contribution in [0, 0.1) is 0 Å². The summed E-state index contributed by atoms with van der Waals surface area (Å²) in [4.78, 5) is 4.10. The number of rotatable bonds is 5. The number of nitrogens with zero attached hydrogens (tertiary/aromatic N) is 1. The number of halogens is 6. The van der Waals surface area contributed by atoms with Crippen molar-refractivity contribution in [2.24, 2.45) is 0 Å². The fourth-order valence-corrected chi connectivity index (χ4v) is 2.37. The van der Waals surface area contributed by atoms with Crippen LogP contribution in [0.1, 0.15) is 16.8 Å². The van der Waals surface area contributed by atoms with Gasteiger partial charge in [-0.15, -0.1) is 0 Å². The first-order chi connectivity index (χ1) is 13.6. The number of aromatic nitrogens is 1. The lowest BCUT2D eigenvalue weighted by Gasteiger charge is -2.11. The standard InChI is InChI=1S/C20H13F6NO2/c21-19(22,23)13-4-1-7-16(10-13)28-12-15-6-3-9-18(27-15)29-17-8-2-5-14(11-17)20(24,25)26/h1-11H,12H2. The van der Waals surface area contributed by atoms with Crippen LogP contribution in [0.2, 0.25) is 0 Å². The maximum absolute atomic E-state index is 12.8. The second-order valence-corrected chi connectivity index (χ2v) is 5.91. The molecule has 3 aromatic rings. The molecule has 1 heterocycles. The molecule has 3 rings (SSSR count). The Balaban J connectivity index is 1.69. The minimum atomic E-state index is -4.51. The Hall–Kier alpha value is -3.23. The Labute approximate surface area is 161 Å². The molecule has 2 aromatic carbocycles. The summed E-state index contributed by atoms with van der Waals surface area (Å²) < 4.78 is 87.2. The Kier molecular flexibility index (Phi) is 5.67. The average molecular weight is 413 g/mol. The van der Waals surface area contributed by atoms with Crippen molar-refractivity contribution in [2.75, 3.05) is 0 Å². The molecule has 0 unspecified atom stereocenters. The molecule has 0 aliphatic rings. The van der Waals surface area contributed by atoms with E-state index in [0.29, 0.717) is 5.69 Å². The highest BCUT2D eigenvalue weighted by Crippen LogP contribution is 2.33. The van der Waals surface area contributed by atoms with Gasteiger partial charge in [0, 0.05) is 6.07 Å². The minimum absolute atomic E-state index is 0.00539. The van der Waals surface area contributed by atoms with Crippen LogP contribution in [-0.4, -0.2) is 4.98 Å². The predicted octanol–water partition coefficient (Wildman–Crippen LogP) is 6.49. The molecule has 0 aliphatic heterocycles. The van der Waals surface area contributed by atoms with Crippen molar-refractivity contribution < 1.29 is 35.8 Å². The van der Waals surface area contributed by atoms with Gasteiger partial charge in [0.25, 0.3) is 0 Å². The topological polar surface area (TPSA) is 31.4 Å². The van der Waals surface area contributed by atoms with E-state index in [1.54, 1.807) is 12.1 Å². The van der Waals surface area contributed by atoms with Crippen molar-refractivity contribution in [3.8, 4) is 17.4 Å². The van der Waals surface area contributed by atoms with Gasteiger partial charge in [0.1, 0.15) is 18.1 Å². The summed E-state index contributed by atoms with van der Waals surface area (Å²) in [5, 5.41) is 0. The molecule has 152 valence electrons. The normalized spacial score (nSPS) is 11.9. The third kappa shape index (κ3) is 5.63. The molecular weight excluding hydrogens is 400 g/mol. The summed E-state index contributed by atoms with van der Waals surface area (Å²) in [6.45, 7) is -0.152. The third-order valence-corrected chi connectivity index (χ3v) is 3.71. The van der Waals surface area contributed by atoms with Gasteiger partial charge in [-0.25, -0.2) is 4.98 Å². The molecule has 29 heavy (non-hydrogen) atoms. The number of hydrogen-bond donors (Lipinski definition) is 0.